The van der Waals surface area contributed by atoms with Gasteiger partial charge in [0.15, 0.2) is 6.10 Å². The first kappa shape index (κ1) is 14.7. The quantitative estimate of drug-likeness (QED) is 0.842. The van der Waals surface area contributed by atoms with E-state index in [1.807, 2.05) is 12.1 Å². The van der Waals surface area contributed by atoms with Crippen LogP contribution in [0, 0.1) is 0 Å². The Balaban J connectivity index is 2.90. The van der Waals surface area contributed by atoms with Crippen LogP contribution >= 0.6 is 0 Å². The molecule has 0 saturated carbocycles. The number of benzene rings is 1. The van der Waals surface area contributed by atoms with Crippen molar-refractivity contribution in [2.24, 2.45) is 0 Å². The number of hydrogen-bond acceptors (Lipinski definition) is 3. The van der Waals surface area contributed by atoms with Crippen molar-refractivity contribution in [2.45, 2.75) is 32.3 Å². The summed E-state index contributed by atoms with van der Waals surface area (Å²) >= 11 is 0. The maximum Gasteiger partial charge on any atom is 0.337 e. The molecule has 0 bridgehead atoms. The van der Waals surface area contributed by atoms with Crippen LogP contribution in [0.2, 0.25) is 0 Å². The van der Waals surface area contributed by atoms with Crippen LogP contribution in [0.25, 0.3) is 0 Å². The Hall–Kier alpha value is -1.39. The van der Waals surface area contributed by atoms with Crippen molar-refractivity contribution in [2.75, 3.05) is 13.2 Å². The Morgan fingerprint density at radius 2 is 1.83 bits per heavy atom. The Bertz CT molecular complexity index is 389. The third kappa shape index (κ3) is 3.82. The van der Waals surface area contributed by atoms with Gasteiger partial charge in [0.25, 0.3) is 0 Å². The lowest BCUT2D eigenvalue weighted by Crippen LogP contribution is -2.18. The van der Waals surface area contributed by atoms with E-state index in [0.29, 0.717) is 5.56 Å². The summed E-state index contributed by atoms with van der Waals surface area (Å²) in [6.07, 6.45) is -1.02. The molecule has 1 rings (SSSR count). The molecule has 0 aromatic heterocycles. The van der Waals surface area contributed by atoms with Gasteiger partial charge in [-0.25, -0.2) is 4.79 Å². The van der Waals surface area contributed by atoms with E-state index in [1.54, 1.807) is 12.1 Å². The van der Waals surface area contributed by atoms with E-state index in [2.05, 4.69) is 20.8 Å². The summed E-state index contributed by atoms with van der Waals surface area (Å²) in [6, 6.07) is 7.34. The number of carboxylic acids is 1. The number of hydrogen-bond donors (Lipinski definition) is 2. The fourth-order valence-corrected chi connectivity index (χ4v) is 1.64. The van der Waals surface area contributed by atoms with E-state index >= 15 is 0 Å². The number of aliphatic carboxylic acids is 1. The summed E-state index contributed by atoms with van der Waals surface area (Å²) in [5, 5.41) is 17.8. The maximum atomic E-state index is 11.1. The molecule has 1 aromatic carbocycles. The number of carboxylic acid groups (broad SMARTS) is 1. The lowest BCUT2D eigenvalue weighted by Gasteiger charge is -2.20. The van der Waals surface area contributed by atoms with E-state index < -0.39 is 12.1 Å². The molecule has 0 amide bonds. The van der Waals surface area contributed by atoms with Gasteiger partial charge >= 0.3 is 5.97 Å². The molecular weight excluding hydrogens is 232 g/mol. The largest absolute Gasteiger partial charge is 0.479 e. The van der Waals surface area contributed by atoms with Crippen LogP contribution in [0.1, 0.15) is 38.0 Å². The van der Waals surface area contributed by atoms with Gasteiger partial charge in [-0.05, 0) is 16.5 Å². The van der Waals surface area contributed by atoms with Crippen molar-refractivity contribution >= 4 is 5.97 Å². The molecule has 4 nitrogen and oxygen atoms in total. The smallest absolute Gasteiger partial charge is 0.337 e. The van der Waals surface area contributed by atoms with Crippen LogP contribution in [-0.4, -0.2) is 29.4 Å². The monoisotopic (exact) mass is 252 g/mol. The molecule has 1 atom stereocenters. The predicted octanol–water partition coefficient (Wildman–Crippen LogP) is 2.12. The van der Waals surface area contributed by atoms with Crippen molar-refractivity contribution < 1.29 is 19.7 Å². The minimum atomic E-state index is -1.05. The minimum Gasteiger partial charge on any atom is -0.479 e. The second-order valence-electron chi connectivity index (χ2n) is 5.18. The second-order valence-corrected chi connectivity index (χ2v) is 5.18. The fourth-order valence-electron chi connectivity index (χ4n) is 1.64. The summed E-state index contributed by atoms with van der Waals surface area (Å²) in [7, 11) is 0. The van der Waals surface area contributed by atoms with Crippen molar-refractivity contribution in [3.63, 3.8) is 0 Å². The van der Waals surface area contributed by atoms with Crippen LogP contribution in [0.4, 0.5) is 0 Å². The van der Waals surface area contributed by atoms with Crippen molar-refractivity contribution in [1.29, 1.82) is 0 Å². The molecule has 100 valence electrons. The van der Waals surface area contributed by atoms with Crippen LogP contribution < -0.4 is 0 Å². The highest BCUT2D eigenvalue weighted by Crippen LogP contribution is 2.25. The standard InChI is InChI=1S/C14H20O4/c1-14(2,3)11-6-4-10(5-7-11)12(13(16)17)18-9-8-15/h4-7,12,15H,8-9H2,1-3H3,(H,16,17). The van der Waals surface area contributed by atoms with E-state index in [4.69, 9.17) is 14.9 Å². The first-order chi connectivity index (χ1) is 8.36. The lowest BCUT2D eigenvalue weighted by atomic mass is 9.86. The molecule has 18 heavy (non-hydrogen) atoms. The van der Waals surface area contributed by atoms with Gasteiger partial charge in [-0.2, -0.15) is 0 Å². The Morgan fingerprint density at radius 3 is 2.22 bits per heavy atom. The normalized spacial score (nSPS) is 13.3. The minimum absolute atomic E-state index is 0.0119. The number of ether oxygens (including phenoxy) is 1. The third-order valence-electron chi connectivity index (χ3n) is 2.68. The first-order valence-electron chi connectivity index (χ1n) is 5.92. The van der Waals surface area contributed by atoms with Gasteiger partial charge in [0, 0.05) is 0 Å². The SMILES string of the molecule is CC(C)(C)c1ccc(C(OCCO)C(=O)O)cc1. The fraction of sp³-hybridized carbons (Fsp3) is 0.500. The van der Waals surface area contributed by atoms with Crippen LogP contribution in [0.5, 0.6) is 0 Å². The van der Waals surface area contributed by atoms with Gasteiger partial charge < -0.3 is 14.9 Å². The molecule has 0 heterocycles. The summed E-state index contributed by atoms with van der Waals surface area (Å²) < 4.78 is 5.11. The van der Waals surface area contributed by atoms with E-state index in [-0.39, 0.29) is 18.6 Å². The molecule has 1 aromatic rings. The molecule has 1 unspecified atom stereocenters. The number of rotatable bonds is 5. The average Bonchev–Trinajstić information content (AvgIpc) is 2.28. The first-order valence-corrected chi connectivity index (χ1v) is 5.92. The van der Waals surface area contributed by atoms with Gasteiger partial charge in [-0.1, -0.05) is 45.0 Å². The zero-order chi connectivity index (χ0) is 13.8. The zero-order valence-corrected chi connectivity index (χ0v) is 11.0. The van der Waals surface area contributed by atoms with Gasteiger partial charge in [0.05, 0.1) is 13.2 Å². The maximum absolute atomic E-state index is 11.1. The highest BCUT2D eigenvalue weighted by Gasteiger charge is 2.21. The highest BCUT2D eigenvalue weighted by molar-refractivity contribution is 5.74. The summed E-state index contributed by atoms with van der Waals surface area (Å²) in [5.41, 5.74) is 1.75. The van der Waals surface area contributed by atoms with Crippen LogP contribution in [-0.2, 0) is 14.9 Å². The van der Waals surface area contributed by atoms with E-state index in [1.165, 1.54) is 0 Å². The summed E-state index contributed by atoms with van der Waals surface area (Å²) in [6.45, 7) is 6.11. The second kappa shape index (κ2) is 5.98. The van der Waals surface area contributed by atoms with Crippen molar-refractivity contribution in [3.05, 3.63) is 35.4 Å². The van der Waals surface area contributed by atoms with Gasteiger partial charge in [0.2, 0.25) is 0 Å². The predicted molar refractivity (Wildman–Crippen MR) is 68.6 cm³/mol. The summed E-state index contributed by atoms with van der Waals surface area (Å²) in [4.78, 5) is 11.1. The number of aliphatic hydroxyl groups is 1. The molecule has 0 fully saturated rings. The average molecular weight is 252 g/mol. The van der Waals surface area contributed by atoms with Crippen molar-refractivity contribution in [3.8, 4) is 0 Å². The van der Waals surface area contributed by atoms with Gasteiger partial charge in [-0.3, -0.25) is 0 Å². The molecule has 4 heteroatoms. The Labute approximate surface area is 107 Å². The molecule has 0 radical (unpaired) electrons. The molecule has 0 aliphatic rings. The highest BCUT2D eigenvalue weighted by atomic mass is 16.5. The third-order valence-corrected chi connectivity index (χ3v) is 2.68. The zero-order valence-electron chi connectivity index (χ0n) is 11.0. The van der Waals surface area contributed by atoms with Gasteiger partial charge in [-0.15, -0.1) is 0 Å². The Kier molecular flexibility index (Phi) is 4.87. The van der Waals surface area contributed by atoms with E-state index in [0.717, 1.165) is 5.56 Å². The number of aliphatic hydroxyl groups excluding tert-OH is 1. The molecule has 2 N–H and O–H groups in total. The molecule has 0 spiro atoms. The number of carbonyl (C=O) groups is 1. The summed E-state index contributed by atoms with van der Waals surface area (Å²) in [5.74, 6) is -1.05. The van der Waals surface area contributed by atoms with Gasteiger partial charge in [0.1, 0.15) is 0 Å². The molecule has 0 saturated heterocycles. The molecular formula is C14H20O4. The van der Waals surface area contributed by atoms with Crippen LogP contribution in [0.3, 0.4) is 0 Å². The van der Waals surface area contributed by atoms with Crippen molar-refractivity contribution in [1.82, 2.24) is 0 Å². The molecule has 0 aliphatic heterocycles. The Morgan fingerprint density at radius 1 is 1.28 bits per heavy atom. The van der Waals surface area contributed by atoms with Crippen LogP contribution in [0.15, 0.2) is 24.3 Å². The lowest BCUT2D eigenvalue weighted by molar-refractivity contribution is -0.151. The van der Waals surface area contributed by atoms with E-state index in [9.17, 15) is 4.79 Å². The molecule has 0 aliphatic carbocycles. The topological polar surface area (TPSA) is 66.8 Å².